The molecule has 0 aromatic carbocycles. The number of pyridine rings is 1. The van der Waals surface area contributed by atoms with E-state index < -0.39 is 5.97 Å². The molecule has 0 bridgehead atoms. The van der Waals surface area contributed by atoms with Crippen LogP contribution >= 0.6 is 11.8 Å². The Bertz CT molecular complexity index is 649. The first kappa shape index (κ1) is 15.8. The molecule has 0 radical (unpaired) electrons. The van der Waals surface area contributed by atoms with Gasteiger partial charge in [0, 0.05) is 12.7 Å². The van der Waals surface area contributed by atoms with Gasteiger partial charge in [-0.1, -0.05) is 39.5 Å². The Morgan fingerprint density at radius 3 is 2.81 bits per heavy atom. The minimum atomic E-state index is -0.833. The van der Waals surface area contributed by atoms with Crippen molar-refractivity contribution < 1.29 is 9.90 Å². The van der Waals surface area contributed by atoms with Crippen molar-refractivity contribution in [3.05, 3.63) is 18.5 Å². The number of aliphatic carboxylic acids is 1. The molecule has 0 saturated carbocycles. The molecule has 0 aliphatic carbocycles. The molecule has 6 heteroatoms. The van der Waals surface area contributed by atoms with Crippen molar-refractivity contribution in [1.29, 1.82) is 0 Å². The Morgan fingerprint density at radius 2 is 2.19 bits per heavy atom. The zero-order valence-corrected chi connectivity index (χ0v) is 13.6. The monoisotopic (exact) mass is 307 g/mol. The number of carboxylic acids is 1. The third-order valence-corrected chi connectivity index (χ3v) is 4.93. The van der Waals surface area contributed by atoms with E-state index in [4.69, 9.17) is 5.11 Å². The van der Waals surface area contributed by atoms with Crippen molar-refractivity contribution in [2.75, 3.05) is 5.75 Å². The third-order valence-electron chi connectivity index (χ3n) is 3.97. The summed E-state index contributed by atoms with van der Waals surface area (Å²) in [7, 11) is 0. The maximum absolute atomic E-state index is 10.8. The summed E-state index contributed by atoms with van der Waals surface area (Å²) in [6, 6.07) is 1.93. The zero-order valence-electron chi connectivity index (χ0n) is 12.8. The molecule has 1 N–H and O–H groups in total. The van der Waals surface area contributed by atoms with E-state index in [0.29, 0.717) is 5.92 Å². The van der Waals surface area contributed by atoms with Crippen LogP contribution in [0.2, 0.25) is 0 Å². The van der Waals surface area contributed by atoms with Gasteiger partial charge in [-0.15, -0.1) is 0 Å². The molecule has 0 aliphatic heterocycles. The minimum absolute atomic E-state index is 0.0128. The normalized spacial score (nSPS) is 12.2. The Hall–Kier alpha value is -1.56. The van der Waals surface area contributed by atoms with Crippen LogP contribution in [0, 0.1) is 11.3 Å². The molecule has 0 aliphatic rings. The molecule has 114 valence electrons. The summed E-state index contributed by atoms with van der Waals surface area (Å²) in [4.78, 5) is 19.4. The Morgan fingerprint density at radius 1 is 1.48 bits per heavy atom. The number of rotatable bonds is 6. The molecule has 21 heavy (non-hydrogen) atoms. The second kappa shape index (κ2) is 6.05. The molecule has 0 saturated heterocycles. The summed E-state index contributed by atoms with van der Waals surface area (Å²) in [5, 5.41) is 9.64. The van der Waals surface area contributed by atoms with Gasteiger partial charge >= 0.3 is 5.97 Å². The number of carboxylic acid groups (broad SMARTS) is 1. The lowest BCUT2D eigenvalue weighted by Crippen LogP contribution is -2.26. The first-order chi connectivity index (χ1) is 9.81. The lowest BCUT2D eigenvalue weighted by molar-refractivity contribution is -0.133. The third kappa shape index (κ3) is 3.56. The van der Waals surface area contributed by atoms with Crippen LogP contribution < -0.4 is 0 Å². The zero-order chi connectivity index (χ0) is 15.6. The van der Waals surface area contributed by atoms with Crippen LogP contribution in [0.1, 0.15) is 27.7 Å². The fourth-order valence-corrected chi connectivity index (χ4v) is 2.67. The van der Waals surface area contributed by atoms with E-state index in [9.17, 15) is 4.79 Å². The fraction of sp³-hybridized carbons (Fsp3) is 0.533. The van der Waals surface area contributed by atoms with Gasteiger partial charge in [-0.3, -0.25) is 9.78 Å². The van der Waals surface area contributed by atoms with Crippen molar-refractivity contribution in [2.24, 2.45) is 11.3 Å². The van der Waals surface area contributed by atoms with Crippen LogP contribution in [0.5, 0.6) is 0 Å². The van der Waals surface area contributed by atoms with Gasteiger partial charge in [0.1, 0.15) is 5.52 Å². The van der Waals surface area contributed by atoms with Gasteiger partial charge in [-0.05, 0) is 17.4 Å². The highest BCUT2D eigenvalue weighted by molar-refractivity contribution is 7.99. The van der Waals surface area contributed by atoms with E-state index >= 15 is 0 Å². The SMILES string of the molecule is CC(C)C(C)(C)Cn1c(SCC(=O)O)nc2cnccc21. The summed E-state index contributed by atoms with van der Waals surface area (Å²) < 4.78 is 2.12. The molecule has 2 rings (SSSR count). The van der Waals surface area contributed by atoms with Gasteiger partial charge in [0.2, 0.25) is 0 Å². The predicted octanol–water partition coefficient (Wildman–Crippen LogP) is 3.29. The molecule has 0 spiro atoms. The van der Waals surface area contributed by atoms with Gasteiger partial charge in [0.15, 0.2) is 5.16 Å². The molecule has 0 amide bonds. The summed E-state index contributed by atoms with van der Waals surface area (Å²) in [6.07, 6.45) is 3.47. The van der Waals surface area contributed by atoms with E-state index in [1.54, 1.807) is 12.4 Å². The molecule has 2 aromatic heterocycles. The molecular formula is C15H21N3O2S. The maximum atomic E-state index is 10.8. The number of fused-ring (bicyclic) bond motifs is 1. The summed E-state index contributed by atoms with van der Waals surface area (Å²) in [5.41, 5.74) is 1.91. The number of nitrogens with zero attached hydrogens (tertiary/aromatic N) is 3. The maximum Gasteiger partial charge on any atom is 0.313 e. The molecule has 0 unspecified atom stereocenters. The van der Waals surface area contributed by atoms with Crippen molar-refractivity contribution in [2.45, 2.75) is 39.4 Å². The summed E-state index contributed by atoms with van der Waals surface area (Å²) >= 11 is 1.26. The number of imidazole rings is 1. The number of aromatic nitrogens is 3. The largest absolute Gasteiger partial charge is 0.481 e. The Kier molecular flexibility index (Phi) is 4.56. The van der Waals surface area contributed by atoms with Gasteiger partial charge in [0.25, 0.3) is 0 Å². The van der Waals surface area contributed by atoms with Crippen molar-refractivity contribution in [3.8, 4) is 0 Å². The first-order valence-corrected chi connectivity index (χ1v) is 7.94. The lowest BCUT2D eigenvalue weighted by atomic mass is 9.81. The van der Waals surface area contributed by atoms with Gasteiger partial charge < -0.3 is 9.67 Å². The number of thioether (sulfide) groups is 1. The fourth-order valence-electron chi connectivity index (χ4n) is 1.94. The van der Waals surface area contributed by atoms with Crippen LogP contribution in [0.4, 0.5) is 0 Å². The van der Waals surface area contributed by atoms with E-state index in [1.165, 1.54) is 11.8 Å². The average Bonchev–Trinajstić information content (AvgIpc) is 2.74. The highest BCUT2D eigenvalue weighted by Crippen LogP contribution is 2.32. The van der Waals surface area contributed by atoms with Gasteiger partial charge in [0.05, 0.1) is 17.5 Å². The van der Waals surface area contributed by atoms with E-state index in [0.717, 1.165) is 22.7 Å². The molecule has 2 heterocycles. The number of hydrogen-bond acceptors (Lipinski definition) is 4. The topological polar surface area (TPSA) is 68.0 Å². The molecule has 0 fully saturated rings. The van der Waals surface area contributed by atoms with Crippen molar-refractivity contribution >= 4 is 28.8 Å². The van der Waals surface area contributed by atoms with Crippen LogP contribution in [0.15, 0.2) is 23.6 Å². The summed E-state index contributed by atoms with van der Waals surface area (Å²) in [5.74, 6) is -0.312. The average molecular weight is 307 g/mol. The smallest absolute Gasteiger partial charge is 0.313 e. The van der Waals surface area contributed by atoms with E-state index in [-0.39, 0.29) is 11.2 Å². The second-order valence-electron chi connectivity index (χ2n) is 6.17. The van der Waals surface area contributed by atoms with Gasteiger partial charge in [-0.2, -0.15) is 0 Å². The standard InChI is InChI=1S/C15H21N3O2S/c1-10(2)15(3,4)9-18-12-5-6-16-7-11(12)17-14(18)21-8-13(19)20/h5-7,10H,8-9H2,1-4H3,(H,19,20). The second-order valence-corrected chi connectivity index (χ2v) is 7.11. The van der Waals surface area contributed by atoms with Crippen LogP contribution in [-0.2, 0) is 11.3 Å². The highest BCUT2D eigenvalue weighted by Gasteiger charge is 2.25. The summed E-state index contributed by atoms with van der Waals surface area (Å²) in [6.45, 7) is 9.63. The van der Waals surface area contributed by atoms with Gasteiger partial charge in [-0.25, -0.2) is 4.98 Å². The van der Waals surface area contributed by atoms with Crippen LogP contribution in [-0.4, -0.2) is 31.4 Å². The lowest BCUT2D eigenvalue weighted by Gasteiger charge is -2.30. The Labute approximate surface area is 128 Å². The number of carbonyl (C=O) groups is 1. The Balaban J connectivity index is 2.42. The highest BCUT2D eigenvalue weighted by atomic mass is 32.2. The molecule has 2 aromatic rings. The van der Waals surface area contributed by atoms with Crippen LogP contribution in [0.3, 0.4) is 0 Å². The van der Waals surface area contributed by atoms with Crippen LogP contribution in [0.25, 0.3) is 11.0 Å². The predicted molar refractivity (Wildman–Crippen MR) is 84.5 cm³/mol. The van der Waals surface area contributed by atoms with E-state index in [1.807, 2.05) is 6.07 Å². The quantitative estimate of drug-likeness (QED) is 0.829. The van der Waals surface area contributed by atoms with Crippen molar-refractivity contribution in [1.82, 2.24) is 14.5 Å². The van der Waals surface area contributed by atoms with Crippen molar-refractivity contribution in [3.63, 3.8) is 0 Å². The molecular weight excluding hydrogens is 286 g/mol. The van der Waals surface area contributed by atoms with E-state index in [2.05, 4.69) is 42.2 Å². The minimum Gasteiger partial charge on any atom is -0.481 e. The first-order valence-electron chi connectivity index (χ1n) is 6.96. The number of hydrogen-bond donors (Lipinski definition) is 1. The molecule has 0 atom stereocenters. The molecule has 5 nitrogen and oxygen atoms in total.